The maximum Gasteiger partial charge on any atom is 0.337 e. The molecule has 0 saturated heterocycles. The van der Waals surface area contributed by atoms with Crippen molar-refractivity contribution in [3.05, 3.63) is 65.0 Å². The molecule has 4 heteroatoms. The summed E-state index contributed by atoms with van der Waals surface area (Å²) in [4.78, 5) is 11.8. The molecular weight excluding hydrogens is 295 g/mol. The average Bonchev–Trinajstić information content (AvgIpc) is 2.52. The number of halogens is 1. The second-order valence-electron chi connectivity index (χ2n) is 5.62. The molecule has 0 aromatic heterocycles. The van der Waals surface area contributed by atoms with Crippen LogP contribution in [0.25, 0.3) is 0 Å². The highest BCUT2D eigenvalue weighted by Crippen LogP contribution is 2.21. The lowest BCUT2D eigenvalue weighted by molar-refractivity contribution is 0.0600. The van der Waals surface area contributed by atoms with Gasteiger partial charge in [0.15, 0.2) is 0 Å². The van der Waals surface area contributed by atoms with Gasteiger partial charge in [0.1, 0.15) is 11.6 Å². The van der Waals surface area contributed by atoms with Gasteiger partial charge in [0.05, 0.1) is 18.8 Å². The molecule has 122 valence electrons. The van der Waals surface area contributed by atoms with E-state index in [2.05, 4.69) is 0 Å². The van der Waals surface area contributed by atoms with Crippen LogP contribution in [0.4, 0.5) is 4.39 Å². The maximum absolute atomic E-state index is 13.7. The van der Waals surface area contributed by atoms with Gasteiger partial charge in [-0.25, -0.2) is 9.18 Å². The van der Waals surface area contributed by atoms with Gasteiger partial charge < -0.3 is 9.47 Å². The predicted molar refractivity (Wildman–Crippen MR) is 87.4 cm³/mol. The number of aryl methyl sites for hydroxylation is 2. The molecule has 0 aliphatic heterocycles. The first-order valence-electron chi connectivity index (χ1n) is 7.62. The van der Waals surface area contributed by atoms with Crippen molar-refractivity contribution in [2.75, 3.05) is 7.11 Å². The number of carbonyl (C=O) groups excluding carboxylic acids is 1. The molecule has 2 rings (SSSR count). The Morgan fingerprint density at radius 1 is 1.13 bits per heavy atom. The van der Waals surface area contributed by atoms with Gasteiger partial charge in [0.25, 0.3) is 0 Å². The van der Waals surface area contributed by atoms with E-state index in [9.17, 15) is 9.18 Å². The van der Waals surface area contributed by atoms with Crippen LogP contribution in [0.15, 0.2) is 42.5 Å². The molecule has 0 spiro atoms. The molecule has 0 heterocycles. The largest absolute Gasteiger partial charge is 0.491 e. The van der Waals surface area contributed by atoms with Gasteiger partial charge in [-0.2, -0.15) is 0 Å². The van der Waals surface area contributed by atoms with E-state index < -0.39 is 5.97 Å². The first-order valence-corrected chi connectivity index (χ1v) is 7.62. The third-order valence-electron chi connectivity index (χ3n) is 3.40. The first-order chi connectivity index (χ1) is 11.0. The highest BCUT2D eigenvalue weighted by molar-refractivity contribution is 5.90. The van der Waals surface area contributed by atoms with Crippen molar-refractivity contribution in [3.63, 3.8) is 0 Å². The van der Waals surface area contributed by atoms with Crippen molar-refractivity contribution in [1.82, 2.24) is 0 Å². The minimum absolute atomic E-state index is 0.00214. The third-order valence-corrected chi connectivity index (χ3v) is 3.40. The van der Waals surface area contributed by atoms with E-state index in [0.717, 1.165) is 5.56 Å². The van der Waals surface area contributed by atoms with Crippen LogP contribution in [0.5, 0.6) is 5.75 Å². The van der Waals surface area contributed by atoms with Crippen LogP contribution in [0.1, 0.15) is 35.3 Å². The zero-order valence-corrected chi connectivity index (χ0v) is 13.6. The first kappa shape index (κ1) is 17.0. The minimum Gasteiger partial charge on any atom is -0.491 e. The van der Waals surface area contributed by atoms with E-state index in [1.165, 1.54) is 13.2 Å². The van der Waals surface area contributed by atoms with Crippen LogP contribution in [0, 0.1) is 5.82 Å². The van der Waals surface area contributed by atoms with E-state index in [4.69, 9.17) is 9.47 Å². The lowest BCUT2D eigenvalue weighted by Gasteiger charge is -2.13. The van der Waals surface area contributed by atoms with Gasteiger partial charge in [-0.3, -0.25) is 0 Å². The number of hydrogen-bond donors (Lipinski definition) is 0. The van der Waals surface area contributed by atoms with E-state index in [1.807, 2.05) is 26.0 Å². The summed E-state index contributed by atoms with van der Waals surface area (Å²) in [6, 6.07) is 12.0. The number of ether oxygens (including phenoxy) is 2. The zero-order valence-electron chi connectivity index (χ0n) is 13.6. The Morgan fingerprint density at radius 2 is 1.87 bits per heavy atom. The lowest BCUT2D eigenvalue weighted by atomic mass is 10.0. The standard InChI is InChI=1S/C19H21FO3/c1-13(2)23-17-11-14(10-16(12-17)19(21)22-3)8-9-15-6-4-5-7-18(15)20/h4-7,10-13H,8-9H2,1-3H3. The molecule has 2 aromatic rings. The molecule has 23 heavy (non-hydrogen) atoms. The highest BCUT2D eigenvalue weighted by atomic mass is 19.1. The Balaban J connectivity index is 2.22. The molecule has 0 N–H and O–H groups in total. The third kappa shape index (κ3) is 4.81. The Labute approximate surface area is 136 Å². The van der Waals surface area contributed by atoms with Crippen LogP contribution in [-0.4, -0.2) is 19.2 Å². The number of hydrogen-bond acceptors (Lipinski definition) is 3. The topological polar surface area (TPSA) is 35.5 Å². The van der Waals surface area contributed by atoms with Crippen LogP contribution in [0.3, 0.4) is 0 Å². The highest BCUT2D eigenvalue weighted by Gasteiger charge is 2.11. The summed E-state index contributed by atoms with van der Waals surface area (Å²) in [5.74, 6) is -0.00643. The summed E-state index contributed by atoms with van der Waals surface area (Å²) in [6.45, 7) is 3.84. The summed E-state index contributed by atoms with van der Waals surface area (Å²) < 4.78 is 24.2. The van der Waals surface area contributed by atoms with Crippen LogP contribution >= 0.6 is 0 Å². The molecule has 0 radical (unpaired) electrons. The summed E-state index contributed by atoms with van der Waals surface area (Å²) in [6.07, 6.45) is 1.17. The van der Waals surface area contributed by atoms with Crippen molar-refractivity contribution in [3.8, 4) is 5.75 Å². The van der Waals surface area contributed by atoms with Crippen LogP contribution in [-0.2, 0) is 17.6 Å². The Hall–Kier alpha value is -2.36. The van der Waals surface area contributed by atoms with Gasteiger partial charge in [0, 0.05) is 0 Å². The summed E-state index contributed by atoms with van der Waals surface area (Å²) in [7, 11) is 1.34. The summed E-state index contributed by atoms with van der Waals surface area (Å²) >= 11 is 0. The summed E-state index contributed by atoms with van der Waals surface area (Å²) in [5, 5.41) is 0. The molecular formula is C19H21FO3. The zero-order chi connectivity index (χ0) is 16.8. The van der Waals surface area contributed by atoms with Crippen LogP contribution < -0.4 is 4.74 Å². The van der Waals surface area contributed by atoms with E-state index in [0.29, 0.717) is 29.7 Å². The van der Waals surface area contributed by atoms with Gasteiger partial charge in [0.2, 0.25) is 0 Å². The molecule has 0 unspecified atom stereocenters. The molecule has 0 bridgehead atoms. The van der Waals surface area contributed by atoms with Gasteiger partial charge in [-0.05, 0) is 62.1 Å². The minimum atomic E-state index is -0.411. The van der Waals surface area contributed by atoms with E-state index in [-0.39, 0.29) is 11.9 Å². The molecule has 0 fully saturated rings. The fraction of sp³-hybridized carbons (Fsp3) is 0.316. The Bertz CT molecular complexity index is 680. The van der Waals surface area contributed by atoms with Crippen molar-refractivity contribution in [1.29, 1.82) is 0 Å². The van der Waals surface area contributed by atoms with Crippen molar-refractivity contribution in [2.45, 2.75) is 32.8 Å². The maximum atomic E-state index is 13.7. The van der Waals surface area contributed by atoms with Crippen molar-refractivity contribution in [2.24, 2.45) is 0 Å². The molecule has 0 saturated carbocycles. The average molecular weight is 316 g/mol. The second kappa shape index (κ2) is 7.77. The van der Waals surface area contributed by atoms with Gasteiger partial charge in [-0.1, -0.05) is 18.2 Å². The molecule has 0 atom stereocenters. The number of esters is 1. The Morgan fingerprint density at radius 3 is 2.52 bits per heavy atom. The smallest absolute Gasteiger partial charge is 0.337 e. The van der Waals surface area contributed by atoms with E-state index in [1.54, 1.807) is 24.3 Å². The SMILES string of the molecule is COC(=O)c1cc(CCc2ccccc2F)cc(OC(C)C)c1. The van der Waals surface area contributed by atoms with Gasteiger partial charge >= 0.3 is 5.97 Å². The van der Waals surface area contributed by atoms with Crippen molar-refractivity contribution < 1.29 is 18.7 Å². The number of methoxy groups -OCH3 is 1. The Kier molecular flexibility index (Phi) is 5.74. The van der Waals surface area contributed by atoms with Gasteiger partial charge in [-0.15, -0.1) is 0 Å². The number of carbonyl (C=O) groups is 1. The molecule has 3 nitrogen and oxygen atoms in total. The predicted octanol–water partition coefficient (Wildman–Crippen LogP) is 4.18. The van der Waals surface area contributed by atoms with E-state index >= 15 is 0 Å². The fourth-order valence-corrected chi connectivity index (χ4v) is 2.36. The normalized spacial score (nSPS) is 10.7. The van der Waals surface area contributed by atoms with Crippen molar-refractivity contribution >= 4 is 5.97 Å². The molecule has 0 amide bonds. The fourth-order valence-electron chi connectivity index (χ4n) is 2.36. The molecule has 2 aromatic carbocycles. The molecule has 0 aliphatic carbocycles. The number of benzene rings is 2. The summed E-state index contributed by atoms with van der Waals surface area (Å²) in [5.41, 5.74) is 2.00. The lowest BCUT2D eigenvalue weighted by Crippen LogP contribution is -2.08. The second-order valence-corrected chi connectivity index (χ2v) is 5.62. The quantitative estimate of drug-likeness (QED) is 0.750. The number of rotatable bonds is 6. The molecule has 0 aliphatic rings. The van der Waals surface area contributed by atoms with Crippen LogP contribution in [0.2, 0.25) is 0 Å². The monoisotopic (exact) mass is 316 g/mol.